The van der Waals surface area contributed by atoms with Crippen molar-refractivity contribution in [2.24, 2.45) is 0 Å². The molecular weight excluding hydrogens is 358 g/mol. The Kier molecular flexibility index (Phi) is 6.93. The molecule has 144 valence electrons. The van der Waals surface area contributed by atoms with Gasteiger partial charge in [-0.3, -0.25) is 4.79 Å². The summed E-state index contributed by atoms with van der Waals surface area (Å²) in [6, 6.07) is 10.3. The number of benzene rings is 1. The van der Waals surface area contributed by atoms with Crippen LogP contribution in [0.2, 0.25) is 0 Å². The number of carbonyl (C=O) groups excluding carboxylic acids is 1. The van der Waals surface area contributed by atoms with Crippen LogP contribution in [0, 0.1) is 0 Å². The van der Waals surface area contributed by atoms with Crippen LogP contribution in [0.3, 0.4) is 0 Å². The molecule has 1 saturated carbocycles. The monoisotopic (exact) mass is 385 g/mol. The predicted molar refractivity (Wildman–Crippen MR) is 110 cm³/mol. The summed E-state index contributed by atoms with van der Waals surface area (Å²) in [5.41, 5.74) is 0.926. The van der Waals surface area contributed by atoms with Crippen LogP contribution in [0.25, 0.3) is 6.08 Å². The lowest BCUT2D eigenvalue weighted by molar-refractivity contribution is -0.127. The smallest absolute Gasteiger partial charge is 0.247 e. The number of rotatable bonds is 10. The minimum Gasteiger partial charge on any atom is -0.493 e. The Labute approximate surface area is 165 Å². The first-order chi connectivity index (χ1) is 13.2. The second-order valence-corrected chi connectivity index (χ2v) is 7.75. The third kappa shape index (κ3) is 5.60. The van der Waals surface area contributed by atoms with E-state index in [0.29, 0.717) is 24.9 Å². The summed E-state index contributed by atoms with van der Waals surface area (Å²) in [5, 5.41) is 2.05. The molecule has 0 bridgehead atoms. The number of carbonyl (C=O) groups is 1. The van der Waals surface area contributed by atoms with Crippen LogP contribution in [0.15, 0.2) is 41.8 Å². The first-order valence-corrected chi connectivity index (χ1v) is 10.4. The molecule has 2 aromatic rings. The van der Waals surface area contributed by atoms with E-state index in [1.807, 2.05) is 35.2 Å². The molecule has 1 aliphatic carbocycles. The molecule has 3 rings (SSSR count). The van der Waals surface area contributed by atoms with Crippen LogP contribution in [-0.2, 0) is 11.3 Å². The zero-order valence-corrected chi connectivity index (χ0v) is 16.8. The van der Waals surface area contributed by atoms with Crippen LogP contribution in [0.4, 0.5) is 0 Å². The maximum absolute atomic E-state index is 12.7. The number of nitrogens with zero attached hydrogens (tertiary/aromatic N) is 1. The Bertz CT molecular complexity index is 766. The molecule has 5 heteroatoms. The summed E-state index contributed by atoms with van der Waals surface area (Å²) in [4.78, 5) is 15.9. The van der Waals surface area contributed by atoms with Gasteiger partial charge in [0.15, 0.2) is 11.5 Å². The Hall–Kier alpha value is -2.27. The number of hydrogen-bond donors (Lipinski definition) is 0. The molecule has 0 spiro atoms. The normalized spacial score (nSPS) is 13.7. The molecule has 0 radical (unpaired) electrons. The number of hydrogen-bond acceptors (Lipinski definition) is 4. The Morgan fingerprint density at radius 1 is 1.30 bits per heavy atom. The lowest BCUT2D eigenvalue weighted by atomic mass is 10.2. The van der Waals surface area contributed by atoms with Crippen LogP contribution in [-0.4, -0.2) is 30.6 Å². The van der Waals surface area contributed by atoms with E-state index in [1.54, 1.807) is 24.5 Å². The topological polar surface area (TPSA) is 38.8 Å². The third-order valence-electron chi connectivity index (χ3n) is 4.54. The van der Waals surface area contributed by atoms with Gasteiger partial charge in [-0.25, -0.2) is 0 Å². The van der Waals surface area contributed by atoms with Crippen molar-refractivity contribution in [1.82, 2.24) is 4.90 Å². The van der Waals surface area contributed by atoms with Gasteiger partial charge in [0, 0.05) is 17.0 Å². The van der Waals surface area contributed by atoms with E-state index in [4.69, 9.17) is 9.47 Å². The highest BCUT2D eigenvalue weighted by Crippen LogP contribution is 2.31. The summed E-state index contributed by atoms with van der Waals surface area (Å²) < 4.78 is 11.2. The minimum atomic E-state index is 0.0631. The Morgan fingerprint density at radius 2 is 2.15 bits per heavy atom. The van der Waals surface area contributed by atoms with Gasteiger partial charge in [-0.2, -0.15) is 0 Å². The Morgan fingerprint density at radius 3 is 2.81 bits per heavy atom. The molecule has 0 aliphatic heterocycles. The first kappa shape index (κ1) is 19.5. The zero-order valence-electron chi connectivity index (χ0n) is 16.0. The molecule has 27 heavy (non-hydrogen) atoms. The van der Waals surface area contributed by atoms with Crippen molar-refractivity contribution in [2.75, 3.05) is 13.7 Å². The second-order valence-electron chi connectivity index (χ2n) is 6.72. The maximum Gasteiger partial charge on any atom is 0.247 e. The fraction of sp³-hybridized carbons (Fsp3) is 0.409. The van der Waals surface area contributed by atoms with Gasteiger partial charge in [0.2, 0.25) is 5.91 Å². The first-order valence-electron chi connectivity index (χ1n) is 9.53. The number of methoxy groups -OCH3 is 1. The average Bonchev–Trinajstić information content (AvgIpc) is 3.40. The number of ether oxygens (including phenoxy) is 2. The molecule has 0 N–H and O–H groups in total. The highest BCUT2D eigenvalue weighted by molar-refractivity contribution is 7.09. The van der Waals surface area contributed by atoms with Crippen molar-refractivity contribution in [1.29, 1.82) is 0 Å². The van der Waals surface area contributed by atoms with Crippen molar-refractivity contribution in [3.8, 4) is 11.5 Å². The standard InChI is InChI=1S/C22H27NO3S/c1-3-4-13-26-20-11-7-17(15-21(20)25-2)8-12-22(24)23(18-9-10-18)16-19-6-5-14-27-19/h5-8,11-12,14-15,18H,3-4,9-10,13,16H2,1-2H3/b12-8+. The molecule has 1 fully saturated rings. The predicted octanol–water partition coefficient (Wildman–Crippen LogP) is 5.14. The molecule has 1 aliphatic rings. The van der Waals surface area contributed by atoms with Gasteiger partial charge in [-0.1, -0.05) is 25.5 Å². The summed E-state index contributed by atoms with van der Waals surface area (Å²) >= 11 is 1.69. The summed E-state index contributed by atoms with van der Waals surface area (Å²) in [5.74, 6) is 1.50. The lowest BCUT2D eigenvalue weighted by Gasteiger charge is -2.20. The average molecular weight is 386 g/mol. The molecule has 0 unspecified atom stereocenters. The lowest BCUT2D eigenvalue weighted by Crippen LogP contribution is -2.30. The van der Waals surface area contributed by atoms with Gasteiger partial charge >= 0.3 is 0 Å². The fourth-order valence-electron chi connectivity index (χ4n) is 2.84. The molecule has 1 heterocycles. The minimum absolute atomic E-state index is 0.0631. The molecular formula is C22H27NO3S. The van der Waals surface area contributed by atoms with Crippen molar-refractivity contribution >= 4 is 23.3 Å². The Balaban J connectivity index is 1.65. The SMILES string of the molecule is CCCCOc1ccc(/C=C/C(=O)N(Cc2cccs2)C2CC2)cc1OC. The fourth-order valence-corrected chi connectivity index (χ4v) is 3.54. The summed E-state index contributed by atoms with van der Waals surface area (Å²) in [6.07, 6.45) is 7.82. The van der Waals surface area contributed by atoms with Gasteiger partial charge in [-0.05, 0) is 54.5 Å². The van der Waals surface area contributed by atoms with E-state index in [2.05, 4.69) is 18.4 Å². The number of amides is 1. The highest BCUT2D eigenvalue weighted by Gasteiger charge is 2.31. The largest absolute Gasteiger partial charge is 0.493 e. The van der Waals surface area contributed by atoms with E-state index >= 15 is 0 Å². The molecule has 0 atom stereocenters. The quantitative estimate of drug-likeness (QED) is 0.420. The van der Waals surface area contributed by atoms with Gasteiger partial charge in [0.05, 0.1) is 20.3 Å². The third-order valence-corrected chi connectivity index (χ3v) is 5.40. The van der Waals surface area contributed by atoms with E-state index in [0.717, 1.165) is 37.0 Å². The van der Waals surface area contributed by atoms with Gasteiger partial charge < -0.3 is 14.4 Å². The number of thiophene rings is 1. The molecule has 0 saturated heterocycles. The van der Waals surface area contributed by atoms with Gasteiger partial charge in [0.1, 0.15) is 0 Å². The van der Waals surface area contributed by atoms with Crippen molar-refractivity contribution < 1.29 is 14.3 Å². The zero-order chi connectivity index (χ0) is 19.1. The maximum atomic E-state index is 12.7. The summed E-state index contributed by atoms with van der Waals surface area (Å²) in [7, 11) is 1.64. The summed E-state index contributed by atoms with van der Waals surface area (Å²) in [6.45, 7) is 3.51. The molecule has 1 amide bonds. The molecule has 1 aromatic heterocycles. The molecule has 1 aromatic carbocycles. The van der Waals surface area contributed by atoms with Crippen LogP contribution >= 0.6 is 11.3 Å². The van der Waals surface area contributed by atoms with E-state index in [-0.39, 0.29) is 5.91 Å². The van der Waals surface area contributed by atoms with Gasteiger partial charge in [-0.15, -0.1) is 11.3 Å². The second kappa shape index (κ2) is 9.60. The van der Waals surface area contributed by atoms with Crippen LogP contribution < -0.4 is 9.47 Å². The van der Waals surface area contributed by atoms with Gasteiger partial charge in [0.25, 0.3) is 0 Å². The van der Waals surface area contributed by atoms with Crippen molar-refractivity contribution in [2.45, 2.75) is 45.2 Å². The van der Waals surface area contributed by atoms with E-state index in [9.17, 15) is 4.79 Å². The van der Waals surface area contributed by atoms with Crippen LogP contribution in [0.1, 0.15) is 43.0 Å². The van der Waals surface area contributed by atoms with Crippen LogP contribution in [0.5, 0.6) is 11.5 Å². The van der Waals surface area contributed by atoms with Crippen molar-refractivity contribution in [3.63, 3.8) is 0 Å². The number of unbranched alkanes of at least 4 members (excludes halogenated alkanes) is 1. The van der Waals surface area contributed by atoms with Crippen molar-refractivity contribution in [3.05, 3.63) is 52.2 Å². The molecule has 4 nitrogen and oxygen atoms in total. The van der Waals surface area contributed by atoms with E-state index in [1.165, 1.54) is 4.88 Å². The highest BCUT2D eigenvalue weighted by atomic mass is 32.1. The van der Waals surface area contributed by atoms with E-state index < -0.39 is 0 Å².